The van der Waals surface area contributed by atoms with Crippen LogP contribution in [0.4, 0.5) is 5.13 Å². The fourth-order valence-electron chi connectivity index (χ4n) is 3.99. The topological polar surface area (TPSA) is 61.0 Å². The van der Waals surface area contributed by atoms with Crippen LogP contribution in [0.15, 0.2) is 40.8 Å². The van der Waals surface area contributed by atoms with Crippen molar-refractivity contribution >= 4 is 46.4 Å². The molecule has 2 aliphatic rings. The highest BCUT2D eigenvalue weighted by Gasteiger charge is 2.30. The molecule has 158 valence electrons. The lowest BCUT2D eigenvalue weighted by molar-refractivity contribution is 0.111. The van der Waals surface area contributed by atoms with E-state index in [9.17, 15) is 0 Å². The Balaban J connectivity index is 0.00000240. The van der Waals surface area contributed by atoms with E-state index >= 15 is 0 Å². The monoisotopic (exact) mass is 526 g/mol. The van der Waals surface area contributed by atoms with E-state index in [1.807, 2.05) is 11.6 Å². The Bertz CT molecular complexity index is 814. The Kier molecular flexibility index (Phi) is 7.39. The van der Waals surface area contributed by atoms with Crippen molar-refractivity contribution < 1.29 is 0 Å². The van der Waals surface area contributed by atoms with Crippen LogP contribution >= 0.6 is 35.3 Å². The third-order valence-corrected chi connectivity index (χ3v) is 6.74. The third kappa shape index (κ3) is 5.21. The highest BCUT2D eigenvalue weighted by atomic mass is 127. The molecule has 0 aliphatic carbocycles. The highest BCUT2D eigenvalue weighted by Crippen LogP contribution is 2.25. The largest absolute Gasteiger partial charge is 0.370 e. The van der Waals surface area contributed by atoms with Gasteiger partial charge in [-0.15, -0.1) is 35.3 Å². The van der Waals surface area contributed by atoms with Gasteiger partial charge in [0.2, 0.25) is 0 Å². The van der Waals surface area contributed by atoms with Gasteiger partial charge < -0.3 is 15.5 Å². The minimum Gasteiger partial charge on any atom is -0.370 e. The van der Waals surface area contributed by atoms with E-state index in [0.717, 1.165) is 50.8 Å². The number of halogens is 1. The Hall–Kier alpha value is -1.39. The lowest BCUT2D eigenvalue weighted by Gasteiger charge is -2.41. The number of hydrogen-bond acceptors (Lipinski definition) is 5. The predicted octanol–water partition coefficient (Wildman–Crippen LogP) is 3.03. The van der Waals surface area contributed by atoms with E-state index in [1.54, 1.807) is 11.3 Å². The molecule has 1 aromatic carbocycles. The number of anilines is 1. The second-order valence-electron chi connectivity index (χ2n) is 8.22. The van der Waals surface area contributed by atoms with Gasteiger partial charge in [0.15, 0.2) is 11.1 Å². The summed E-state index contributed by atoms with van der Waals surface area (Å²) in [6.45, 7) is 11.0. The highest BCUT2D eigenvalue weighted by molar-refractivity contribution is 14.0. The van der Waals surface area contributed by atoms with E-state index in [0.29, 0.717) is 12.5 Å². The standard InChI is InChI=1S/C21H30N6S.HI/c1-21(2,27-9-7-17-5-3-4-6-18(17)15-27)16-24-19(22)25-10-12-26(13-11-25)20-23-8-14-28-20;/h3-6,8,14H,7,9-13,15-16H2,1-2H3,(H2,22,24);1H. The molecular formula is C21H31IN6S. The van der Waals surface area contributed by atoms with E-state index in [1.165, 1.54) is 11.1 Å². The predicted molar refractivity (Wildman–Crippen MR) is 132 cm³/mol. The van der Waals surface area contributed by atoms with Gasteiger partial charge in [0.1, 0.15) is 0 Å². The number of nitrogens with two attached hydrogens (primary N) is 1. The summed E-state index contributed by atoms with van der Waals surface area (Å²) in [7, 11) is 0. The van der Waals surface area contributed by atoms with Gasteiger partial charge in [-0.25, -0.2) is 4.98 Å². The zero-order valence-corrected chi connectivity index (χ0v) is 20.4. The fourth-order valence-corrected chi connectivity index (χ4v) is 4.68. The van der Waals surface area contributed by atoms with Gasteiger partial charge in [0.05, 0.1) is 6.54 Å². The van der Waals surface area contributed by atoms with E-state index in [-0.39, 0.29) is 29.5 Å². The average molecular weight is 526 g/mol. The molecule has 1 saturated heterocycles. The molecule has 2 aromatic rings. The first kappa shape index (κ1) is 22.3. The molecule has 0 unspecified atom stereocenters. The number of aromatic nitrogens is 1. The van der Waals surface area contributed by atoms with Gasteiger partial charge in [0.25, 0.3) is 0 Å². The first-order valence-electron chi connectivity index (χ1n) is 10.0. The van der Waals surface area contributed by atoms with Crippen LogP contribution in [-0.4, -0.2) is 65.6 Å². The minimum atomic E-state index is -0.0130. The summed E-state index contributed by atoms with van der Waals surface area (Å²) in [5.74, 6) is 0.671. The van der Waals surface area contributed by atoms with Gasteiger partial charge >= 0.3 is 0 Å². The van der Waals surface area contributed by atoms with Crippen LogP contribution in [0.5, 0.6) is 0 Å². The maximum atomic E-state index is 6.35. The second kappa shape index (κ2) is 9.61. The van der Waals surface area contributed by atoms with Crippen LogP contribution in [0.2, 0.25) is 0 Å². The number of benzene rings is 1. The van der Waals surface area contributed by atoms with Crippen molar-refractivity contribution in [3.8, 4) is 0 Å². The molecule has 1 aromatic heterocycles. The number of nitrogens with zero attached hydrogens (tertiary/aromatic N) is 5. The van der Waals surface area contributed by atoms with E-state index in [2.05, 4.69) is 57.8 Å². The van der Waals surface area contributed by atoms with Crippen LogP contribution in [-0.2, 0) is 13.0 Å². The number of guanidine groups is 1. The second-order valence-corrected chi connectivity index (χ2v) is 9.09. The molecule has 0 spiro atoms. The van der Waals surface area contributed by atoms with Crippen LogP contribution in [0.1, 0.15) is 25.0 Å². The maximum Gasteiger partial charge on any atom is 0.191 e. The van der Waals surface area contributed by atoms with Crippen molar-refractivity contribution in [2.75, 3.05) is 44.2 Å². The normalized spacial score (nSPS) is 18.3. The molecule has 2 aliphatic heterocycles. The van der Waals surface area contributed by atoms with Crippen molar-refractivity contribution in [1.29, 1.82) is 0 Å². The molecule has 0 radical (unpaired) electrons. The molecule has 29 heavy (non-hydrogen) atoms. The van der Waals surface area contributed by atoms with E-state index in [4.69, 9.17) is 10.7 Å². The SMILES string of the molecule is CC(C)(CN=C(N)N1CCN(c2nccs2)CC1)N1CCc2ccccc2C1.I. The number of hydrogen-bond donors (Lipinski definition) is 1. The van der Waals surface area contributed by atoms with Gasteiger partial charge in [-0.1, -0.05) is 24.3 Å². The Labute approximate surface area is 194 Å². The Morgan fingerprint density at radius 3 is 2.55 bits per heavy atom. The minimum absolute atomic E-state index is 0. The summed E-state index contributed by atoms with van der Waals surface area (Å²) >= 11 is 1.69. The van der Waals surface area contributed by atoms with Crippen LogP contribution in [0.3, 0.4) is 0 Å². The molecule has 1 fully saturated rings. The molecule has 3 heterocycles. The average Bonchev–Trinajstić information content (AvgIpc) is 3.27. The molecule has 8 heteroatoms. The maximum absolute atomic E-state index is 6.35. The van der Waals surface area contributed by atoms with Crippen molar-refractivity contribution in [3.63, 3.8) is 0 Å². The molecule has 0 saturated carbocycles. The fraction of sp³-hybridized carbons (Fsp3) is 0.524. The summed E-state index contributed by atoms with van der Waals surface area (Å²) in [4.78, 5) is 16.2. The summed E-state index contributed by atoms with van der Waals surface area (Å²) in [5.41, 5.74) is 9.26. The number of fused-ring (bicyclic) bond motifs is 1. The molecular weight excluding hydrogens is 495 g/mol. The lowest BCUT2D eigenvalue weighted by Crippen LogP contribution is -2.52. The van der Waals surface area contributed by atoms with Crippen LogP contribution in [0, 0.1) is 0 Å². The summed E-state index contributed by atoms with van der Waals surface area (Å²) < 4.78 is 0. The van der Waals surface area contributed by atoms with Crippen molar-refractivity contribution in [1.82, 2.24) is 14.8 Å². The summed E-state index contributed by atoms with van der Waals surface area (Å²) in [5, 5.41) is 3.13. The third-order valence-electron chi connectivity index (χ3n) is 5.91. The molecule has 4 rings (SSSR count). The van der Waals surface area contributed by atoms with Gasteiger partial charge in [0, 0.05) is 56.4 Å². The zero-order valence-electron chi connectivity index (χ0n) is 17.3. The summed E-state index contributed by atoms with van der Waals surface area (Å²) in [6, 6.07) is 8.77. The molecule has 2 N–H and O–H groups in total. The smallest absolute Gasteiger partial charge is 0.191 e. The van der Waals surface area contributed by atoms with Crippen molar-refractivity contribution in [2.24, 2.45) is 10.7 Å². The van der Waals surface area contributed by atoms with Crippen LogP contribution in [0.25, 0.3) is 0 Å². The number of piperazine rings is 1. The van der Waals surface area contributed by atoms with Crippen molar-refractivity contribution in [2.45, 2.75) is 32.4 Å². The number of aliphatic imine (C=N–C) groups is 1. The molecule has 0 bridgehead atoms. The first-order chi connectivity index (χ1) is 13.5. The van der Waals surface area contributed by atoms with Crippen molar-refractivity contribution in [3.05, 3.63) is 47.0 Å². The first-order valence-corrected chi connectivity index (χ1v) is 10.9. The van der Waals surface area contributed by atoms with Gasteiger partial charge in [-0.2, -0.15) is 0 Å². The molecule has 6 nitrogen and oxygen atoms in total. The Morgan fingerprint density at radius 2 is 1.86 bits per heavy atom. The van der Waals surface area contributed by atoms with Gasteiger partial charge in [-0.3, -0.25) is 9.89 Å². The Morgan fingerprint density at radius 1 is 1.14 bits per heavy atom. The lowest BCUT2D eigenvalue weighted by atomic mass is 9.94. The van der Waals surface area contributed by atoms with E-state index < -0.39 is 0 Å². The number of thiazole rings is 1. The molecule has 0 amide bonds. The van der Waals surface area contributed by atoms with Crippen LogP contribution < -0.4 is 10.6 Å². The molecule has 0 atom stereocenters. The quantitative estimate of drug-likeness (QED) is 0.377. The summed E-state index contributed by atoms with van der Waals surface area (Å²) in [6.07, 6.45) is 2.97. The zero-order chi connectivity index (χ0) is 19.6. The van der Waals surface area contributed by atoms with Gasteiger partial charge in [-0.05, 0) is 31.4 Å². The number of rotatable bonds is 4.